The molecule has 23 heavy (non-hydrogen) atoms. The third kappa shape index (κ3) is 2.62. The zero-order valence-electron chi connectivity index (χ0n) is 12.9. The molecule has 0 saturated carbocycles. The first-order chi connectivity index (χ1) is 11.1. The SMILES string of the molecule is Cc1cc(C=CC#N)cc(C)c1-c1cncc2c(N)ncnc12. The predicted molar refractivity (Wildman–Crippen MR) is 91.3 cm³/mol. The minimum absolute atomic E-state index is 0.424. The maximum atomic E-state index is 8.67. The zero-order valence-corrected chi connectivity index (χ0v) is 12.9. The van der Waals surface area contributed by atoms with E-state index in [4.69, 9.17) is 11.0 Å². The van der Waals surface area contributed by atoms with Crippen LogP contribution in [0.1, 0.15) is 16.7 Å². The Kier molecular flexibility index (Phi) is 3.73. The van der Waals surface area contributed by atoms with Gasteiger partial charge in [0.25, 0.3) is 0 Å². The van der Waals surface area contributed by atoms with Crippen LogP contribution in [0.25, 0.3) is 28.1 Å². The van der Waals surface area contributed by atoms with Crippen molar-refractivity contribution in [3.63, 3.8) is 0 Å². The van der Waals surface area contributed by atoms with E-state index in [2.05, 4.69) is 15.0 Å². The van der Waals surface area contributed by atoms with E-state index in [0.717, 1.165) is 38.7 Å². The van der Waals surface area contributed by atoms with Gasteiger partial charge in [-0.1, -0.05) is 12.1 Å². The van der Waals surface area contributed by atoms with Gasteiger partial charge in [0.1, 0.15) is 12.1 Å². The van der Waals surface area contributed by atoms with Crippen molar-refractivity contribution in [2.24, 2.45) is 0 Å². The van der Waals surface area contributed by atoms with E-state index in [-0.39, 0.29) is 0 Å². The number of nitrogen functional groups attached to an aromatic ring is 1. The molecule has 0 atom stereocenters. The summed E-state index contributed by atoms with van der Waals surface area (Å²) in [6.07, 6.45) is 8.22. The van der Waals surface area contributed by atoms with E-state index in [0.29, 0.717) is 5.82 Å². The Morgan fingerprint density at radius 2 is 1.87 bits per heavy atom. The largest absolute Gasteiger partial charge is 0.383 e. The number of aryl methyl sites for hydroxylation is 2. The van der Waals surface area contributed by atoms with Crippen molar-refractivity contribution < 1.29 is 0 Å². The Labute approximate surface area is 134 Å². The summed E-state index contributed by atoms with van der Waals surface area (Å²) in [5.74, 6) is 0.424. The number of aromatic nitrogens is 3. The normalized spacial score (nSPS) is 11.0. The number of nitrogens with zero attached hydrogens (tertiary/aromatic N) is 4. The third-order valence-electron chi connectivity index (χ3n) is 3.75. The maximum absolute atomic E-state index is 8.67. The molecule has 3 rings (SSSR count). The average molecular weight is 301 g/mol. The molecule has 5 nitrogen and oxygen atoms in total. The molecule has 2 aromatic heterocycles. The Morgan fingerprint density at radius 1 is 1.13 bits per heavy atom. The van der Waals surface area contributed by atoms with Crippen molar-refractivity contribution in [1.29, 1.82) is 5.26 Å². The smallest absolute Gasteiger partial charge is 0.136 e. The van der Waals surface area contributed by atoms with Crippen LogP contribution in [0.2, 0.25) is 0 Å². The first-order valence-electron chi connectivity index (χ1n) is 7.14. The molecule has 0 spiro atoms. The summed E-state index contributed by atoms with van der Waals surface area (Å²) in [4.78, 5) is 12.7. The molecule has 0 bridgehead atoms. The first-order valence-corrected chi connectivity index (χ1v) is 7.14. The number of allylic oxidation sites excluding steroid dienone is 1. The van der Waals surface area contributed by atoms with Gasteiger partial charge in [0.2, 0.25) is 0 Å². The third-order valence-corrected chi connectivity index (χ3v) is 3.75. The summed E-state index contributed by atoms with van der Waals surface area (Å²) in [6.45, 7) is 4.07. The molecule has 112 valence electrons. The molecule has 0 saturated heterocycles. The van der Waals surface area contributed by atoms with Gasteiger partial charge in [0, 0.05) is 24.0 Å². The first kappa shape index (κ1) is 14.7. The molecule has 0 aliphatic carbocycles. The van der Waals surface area contributed by atoms with E-state index in [1.807, 2.05) is 32.0 Å². The van der Waals surface area contributed by atoms with Crippen molar-refractivity contribution in [3.8, 4) is 17.2 Å². The van der Waals surface area contributed by atoms with Gasteiger partial charge in [0.15, 0.2) is 0 Å². The van der Waals surface area contributed by atoms with Crippen LogP contribution in [-0.4, -0.2) is 15.0 Å². The van der Waals surface area contributed by atoms with Crippen molar-refractivity contribution in [3.05, 3.63) is 53.6 Å². The molecule has 5 heteroatoms. The van der Waals surface area contributed by atoms with Crippen LogP contribution in [0.3, 0.4) is 0 Å². The van der Waals surface area contributed by atoms with E-state index < -0.39 is 0 Å². The summed E-state index contributed by atoms with van der Waals surface area (Å²) in [5.41, 5.74) is 11.9. The van der Waals surface area contributed by atoms with E-state index in [9.17, 15) is 0 Å². The molecule has 0 aliphatic heterocycles. The summed E-state index contributed by atoms with van der Waals surface area (Å²) < 4.78 is 0. The molecular weight excluding hydrogens is 286 g/mol. The Morgan fingerprint density at radius 3 is 2.57 bits per heavy atom. The number of nitrogens with two attached hydrogens (primary N) is 1. The molecule has 0 unspecified atom stereocenters. The second-order valence-electron chi connectivity index (χ2n) is 5.33. The lowest BCUT2D eigenvalue weighted by Gasteiger charge is -2.13. The van der Waals surface area contributed by atoms with Crippen LogP contribution < -0.4 is 5.73 Å². The van der Waals surface area contributed by atoms with Gasteiger partial charge in [-0.15, -0.1) is 0 Å². The topological polar surface area (TPSA) is 88.5 Å². The molecule has 2 heterocycles. The second kappa shape index (κ2) is 5.85. The Balaban J connectivity index is 2.26. The van der Waals surface area contributed by atoms with Crippen molar-refractivity contribution in [1.82, 2.24) is 15.0 Å². The van der Waals surface area contributed by atoms with Crippen LogP contribution in [0.4, 0.5) is 5.82 Å². The van der Waals surface area contributed by atoms with Gasteiger partial charge in [-0.3, -0.25) is 4.98 Å². The fourth-order valence-electron chi connectivity index (χ4n) is 2.83. The van der Waals surface area contributed by atoms with Crippen LogP contribution in [0.5, 0.6) is 0 Å². The van der Waals surface area contributed by atoms with E-state index in [1.165, 1.54) is 12.4 Å². The number of rotatable bonds is 2. The minimum atomic E-state index is 0.424. The number of nitriles is 1. The van der Waals surface area contributed by atoms with Crippen molar-refractivity contribution in [2.75, 3.05) is 5.73 Å². The van der Waals surface area contributed by atoms with Gasteiger partial charge in [0.05, 0.1) is 17.0 Å². The fourth-order valence-corrected chi connectivity index (χ4v) is 2.83. The van der Waals surface area contributed by atoms with Crippen molar-refractivity contribution in [2.45, 2.75) is 13.8 Å². The molecule has 1 aromatic carbocycles. The summed E-state index contributed by atoms with van der Waals surface area (Å²) >= 11 is 0. The zero-order chi connectivity index (χ0) is 16.4. The highest BCUT2D eigenvalue weighted by molar-refractivity contribution is 5.98. The Bertz CT molecular complexity index is 944. The Hall–Kier alpha value is -3.26. The number of hydrogen-bond acceptors (Lipinski definition) is 5. The molecule has 2 N–H and O–H groups in total. The van der Waals surface area contributed by atoms with Gasteiger partial charge >= 0.3 is 0 Å². The van der Waals surface area contributed by atoms with Crippen LogP contribution in [0, 0.1) is 25.2 Å². The number of fused-ring (bicyclic) bond motifs is 1. The van der Waals surface area contributed by atoms with Crippen LogP contribution in [-0.2, 0) is 0 Å². The quantitative estimate of drug-likeness (QED) is 0.732. The molecular formula is C18H15N5. The van der Waals surface area contributed by atoms with Gasteiger partial charge in [-0.05, 0) is 42.2 Å². The van der Waals surface area contributed by atoms with Gasteiger partial charge in [-0.25, -0.2) is 9.97 Å². The fraction of sp³-hybridized carbons (Fsp3) is 0.111. The molecule has 3 aromatic rings. The summed E-state index contributed by atoms with van der Waals surface area (Å²) in [6, 6.07) is 6.09. The lowest BCUT2D eigenvalue weighted by Crippen LogP contribution is -1.97. The number of hydrogen-bond donors (Lipinski definition) is 1. The monoisotopic (exact) mass is 301 g/mol. The van der Waals surface area contributed by atoms with Gasteiger partial charge in [-0.2, -0.15) is 5.26 Å². The number of anilines is 1. The standard InChI is InChI=1S/C18H15N5/c1-11-6-13(4-3-5-19)7-12(2)16(11)14-8-21-9-15-17(14)22-10-23-18(15)20/h3-4,6-10H,1-2H3,(H2,20,22,23). The van der Waals surface area contributed by atoms with Crippen LogP contribution >= 0.6 is 0 Å². The number of pyridine rings is 1. The highest BCUT2D eigenvalue weighted by atomic mass is 14.9. The van der Waals surface area contributed by atoms with Crippen LogP contribution in [0.15, 0.2) is 36.9 Å². The van der Waals surface area contributed by atoms with E-state index >= 15 is 0 Å². The van der Waals surface area contributed by atoms with Gasteiger partial charge < -0.3 is 5.73 Å². The molecule has 0 aliphatic rings. The summed E-state index contributed by atoms with van der Waals surface area (Å²) in [5, 5.41) is 9.42. The average Bonchev–Trinajstić information content (AvgIpc) is 2.53. The van der Waals surface area contributed by atoms with Crippen molar-refractivity contribution >= 4 is 22.8 Å². The second-order valence-corrected chi connectivity index (χ2v) is 5.33. The lowest BCUT2D eigenvalue weighted by atomic mass is 9.93. The highest BCUT2D eigenvalue weighted by Gasteiger charge is 2.13. The molecule has 0 fully saturated rings. The minimum Gasteiger partial charge on any atom is -0.383 e. The molecule has 0 amide bonds. The molecule has 0 radical (unpaired) electrons. The lowest BCUT2D eigenvalue weighted by molar-refractivity contribution is 1.21. The van der Waals surface area contributed by atoms with E-state index in [1.54, 1.807) is 18.5 Å². The maximum Gasteiger partial charge on any atom is 0.136 e. The predicted octanol–water partition coefficient (Wildman–Crippen LogP) is 3.43. The highest BCUT2D eigenvalue weighted by Crippen LogP contribution is 2.33. The number of benzene rings is 1. The summed E-state index contributed by atoms with van der Waals surface area (Å²) in [7, 11) is 0.